The molecule has 0 rings (SSSR count). The maximum absolute atomic E-state index is 8.96. The average molecular weight is 234 g/mol. The number of rotatable bonds is 6. The van der Waals surface area contributed by atoms with Crippen molar-refractivity contribution < 1.29 is 14.3 Å². The molecule has 4 heteroatoms. The Labute approximate surface area is 94.2 Å². The Hall–Kier alpha value is 0.0500. The minimum absolute atomic E-state index is 0.0384. The largest absolute Gasteiger partial charge is 0.328 e. The summed E-state index contributed by atoms with van der Waals surface area (Å²) in [4.78, 5) is 17.9. The van der Waals surface area contributed by atoms with Crippen molar-refractivity contribution in [1.82, 2.24) is 0 Å². The van der Waals surface area contributed by atoms with Crippen LogP contribution in [0, 0.1) is 5.41 Å². The van der Waals surface area contributed by atoms with Gasteiger partial charge in [-0.15, -0.1) is 0 Å². The monoisotopic (exact) mass is 234 g/mol. The fourth-order valence-corrected chi connectivity index (χ4v) is 1.93. The number of hydrogen-bond acceptors (Lipinski definition) is 3. The van der Waals surface area contributed by atoms with Gasteiger partial charge in [-0.3, -0.25) is 0 Å². The molecule has 0 bridgehead atoms. The third kappa shape index (κ3) is 5.07. The van der Waals surface area contributed by atoms with Gasteiger partial charge in [-0.1, -0.05) is 32.4 Å². The minimum atomic E-state index is -2.29. The van der Waals surface area contributed by atoms with Gasteiger partial charge in [0.25, 0.3) is 0 Å². The first-order chi connectivity index (χ1) is 6.85. The predicted octanol–water partition coefficient (Wildman–Crippen LogP) is 3.38. The molecule has 1 unspecified atom stereocenters. The lowest BCUT2D eigenvalue weighted by molar-refractivity contribution is 0.0766. The molecule has 1 atom stereocenters. The van der Waals surface area contributed by atoms with E-state index in [-0.39, 0.29) is 11.5 Å². The first-order valence-electron chi connectivity index (χ1n) is 5.35. The molecule has 0 saturated heterocycles. The highest BCUT2D eigenvalue weighted by Gasteiger charge is 2.32. The van der Waals surface area contributed by atoms with Gasteiger partial charge in [-0.05, 0) is 32.1 Å². The Morgan fingerprint density at radius 1 is 1.33 bits per heavy atom. The van der Waals surface area contributed by atoms with Gasteiger partial charge < -0.3 is 14.3 Å². The summed E-state index contributed by atoms with van der Waals surface area (Å²) in [6.07, 6.45) is 3.63. The van der Waals surface area contributed by atoms with E-state index in [9.17, 15) is 0 Å². The van der Waals surface area contributed by atoms with Crippen LogP contribution < -0.4 is 0 Å². The van der Waals surface area contributed by atoms with E-state index in [1.165, 1.54) is 0 Å². The summed E-state index contributed by atoms with van der Waals surface area (Å²) in [6, 6.07) is 0. The highest BCUT2D eigenvalue weighted by molar-refractivity contribution is 7.39. The second-order valence-electron chi connectivity index (χ2n) is 4.38. The summed E-state index contributed by atoms with van der Waals surface area (Å²) >= 11 is 0. The van der Waals surface area contributed by atoms with Crippen LogP contribution in [-0.2, 0) is 4.52 Å². The van der Waals surface area contributed by atoms with Gasteiger partial charge >= 0.3 is 8.60 Å². The Morgan fingerprint density at radius 2 is 1.80 bits per heavy atom. The highest BCUT2D eigenvalue weighted by Crippen LogP contribution is 2.40. The summed E-state index contributed by atoms with van der Waals surface area (Å²) in [5.41, 5.74) is 1.09. The maximum atomic E-state index is 8.96. The molecule has 2 N–H and O–H groups in total. The Kier molecular flexibility index (Phi) is 6.62. The van der Waals surface area contributed by atoms with Gasteiger partial charge in [-0.2, -0.15) is 0 Å². The topological polar surface area (TPSA) is 49.7 Å². The SMILES string of the molecule is CCC(C)(CC)C(C=C(C)C)OP(O)O. The normalized spacial score (nSPS) is 14.1. The fourth-order valence-electron chi connectivity index (χ4n) is 1.42. The maximum Gasteiger partial charge on any atom is 0.327 e. The lowest BCUT2D eigenvalue weighted by Crippen LogP contribution is -2.31. The fraction of sp³-hybridized carbons (Fsp3) is 0.818. The van der Waals surface area contributed by atoms with Crippen molar-refractivity contribution in [3.63, 3.8) is 0 Å². The zero-order valence-corrected chi connectivity index (χ0v) is 11.2. The van der Waals surface area contributed by atoms with E-state index in [1.54, 1.807) is 0 Å². The molecule has 0 spiro atoms. The molecular formula is C11H23O3P. The standard InChI is InChI=1S/C11H23O3P/c1-6-11(5,7-2)10(8-9(3)4)14-15(12)13/h8,10,12-13H,6-7H2,1-5H3. The van der Waals surface area contributed by atoms with Gasteiger partial charge in [0.1, 0.15) is 0 Å². The van der Waals surface area contributed by atoms with E-state index in [0.29, 0.717) is 0 Å². The second-order valence-corrected chi connectivity index (χ2v) is 5.10. The van der Waals surface area contributed by atoms with Crippen LogP contribution in [0.25, 0.3) is 0 Å². The Balaban J connectivity index is 4.82. The zero-order chi connectivity index (χ0) is 12.1. The Bertz CT molecular complexity index is 206. The van der Waals surface area contributed by atoms with E-state index in [1.807, 2.05) is 19.9 Å². The molecule has 90 valence electrons. The smallest absolute Gasteiger partial charge is 0.327 e. The van der Waals surface area contributed by atoms with E-state index < -0.39 is 8.60 Å². The van der Waals surface area contributed by atoms with Gasteiger partial charge in [-0.25, -0.2) is 0 Å². The summed E-state index contributed by atoms with van der Waals surface area (Å²) in [5, 5.41) is 0. The van der Waals surface area contributed by atoms with Crippen molar-refractivity contribution in [3.05, 3.63) is 11.6 Å². The molecule has 0 radical (unpaired) electrons. The molecule has 0 aromatic carbocycles. The van der Waals surface area contributed by atoms with Crippen molar-refractivity contribution in [3.8, 4) is 0 Å². The van der Waals surface area contributed by atoms with Gasteiger partial charge in [0.2, 0.25) is 0 Å². The van der Waals surface area contributed by atoms with E-state index in [0.717, 1.165) is 18.4 Å². The average Bonchev–Trinajstić information content (AvgIpc) is 2.14. The van der Waals surface area contributed by atoms with Crippen molar-refractivity contribution in [2.45, 2.75) is 53.6 Å². The van der Waals surface area contributed by atoms with E-state index in [4.69, 9.17) is 14.3 Å². The first-order valence-corrected chi connectivity index (χ1v) is 6.52. The van der Waals surface area contributed by atoms with Crippen LogP contribution in [0.2, 0.25) is 0 Å². The lowest BCUT2D eigenvalue weighted by Gasteiger charge is -2.34. The first kappa shape index (κ1) is 15.0. The third-order valence-corrected chi connectivity index (χ3v) is 3.41. The van der Waals surface area contributed by atoms with Crippen molar-refractivity contribution in [2.24, 2.45) is 5.41 Å². The van der Waals surface area contributed by atoms with Gasteiger partial charge in [0.15, 0.2) is 0 Å². The molecule has 15 heavy (non-hydrogen) atoms. The number of hydrogen-bond donors (Lipinski definition) is 2. The molecule has 0 aromatic heterocycles. The second kappa shape index (κ2) is 6.59. The lowest BCUT2D eigenvalue weighted by atomic mass is 9.78. The summed E-state index contributed by atoms with van der Waals surface area (Å²) in [6.45, 7) is 10.3. The predicted molar refractivity (Wildman–Crippen MR) is 64.4 cm³/mol. The molecule has 0 aliphatic heterocycles. The van der Waals surface area contributed by atoms with Crippen LogP contribution in [0.3, 0.4) is 0 Å². The highest BCUT2D eigenvalue weighted by atomic mass is 31.2. The molecule has 0 amide bonds. The molecule has 3 nitrogen and oxygen atoms in total. The van der Waals surface area contributed by atoms with Crippen LogP contribution in [-0.4, -0.2) is 15.9 Å². The minimum Gasteiger partial charge on any atom is -0.328 e. The van der Waals surface area contributed by atoms with Gasteiger partial charge in [0.05, 0.1) is 6.10 Å². The molecule has 0 aromatic rings. The van der Waals surface area contributed by atoms with Crippen LogP contribution in [0.5, 0.6) is 0 Å². The van der Waals surface area contributed by atoms with E-state index >= 15 is 0 Å². The zero-order valence-electron chi connectivity index (χ0n) is 10.3. The molecule has 0 heterocycles. The van der Waals surface area contributed by atoms with Crippen LogP contribution in [0.4, 0.5) is 0 Å². The molecular weight excluding hydrogens is 211 g/mol. The van der Waals surface area contributed by atoms with Gasteiger partial charge in [0, 0.05) is 0 Å². The summed E-state index contributed by atoms with van der Waals surface area (Å²) < 4.78 is 5.21. The van der Waals surface area contributed by atoms with Crippen molar-refractivity contribution in [1.29, 1.82) is 0 Å². The van der Waals surface area contributed by atoms with Crippen LogP contribution in [0.1, 0.15) is 47.5 Å². The Morgan fingerprint density at radius 3 is 2.07 bits per heavy atom. The van der Waals surface area contributed by atoms with E-state index in [2.05, 4.69) is 20.8 Å². The third-order valence-electron chi connectivity index (χ3n) is 2.99. The van der Waals surface area contributed by atoms with Crippen molar-refractivity contribution >= 4 is 8.60 Å². The quantitative estimate of drug-likeness (QED) is 0.547. The molecule has 0 saturated carbocycles. The van der Waals surface area contributed by atoms with Crippen molar-refractivity contribution in [2.75, 3.05) is 0 Å². The summed E-state index contributed by atoms with van der Waals surface area (Å²) in [7, 11) is -2.29. The van der Waals surface area contributed by atoms with Crippen LogP contribution >= 0.6 is 8.60 Å². The molecule has 0 fully saturated rings. The molecule has 0 aliphatic carbocycles. The summed E-state index contributed by atoms with van der Waals surface area (Å²) in [5.74, 6) is 0. The number of allylic oxidation sites excluding steroid dienone is 1. The molecule has 0 aliphatic rings. The van der Waals surface area contributed by atoms with Crippen LogP contribution in [0.15, 0.2) is 11.6 Å².